The lowest BCUT2D eigenvalue weighted by atomic mass is 10.0. The molecule has 70 valence electrons. The molecule has 0 radical (unpaired) electrons. The van der Waals surface area contributed by atoms with Crippen molar-refractivity contribution in [2.45, 2.75) is 18.6 Å². The van der Waals surface area contributed by atoms with Gasteiger partial charge in [0.05, 0.1) is 0 Å². The smallest absolute Gasteiger partial charge is 0.0384 e. The van der Waals surface area contributed by atoms with Crippen molar-refractivity contribution in [1.82, 2.24) is 0 Å². The number of fused-ring (bicyclic) bond motifs is 1. The van der Waals surface area contributed by atoms with Crippen molar-refractivity contribution in [3.63, 3.8) is 0 Å². The Balaban J connectivity index is 2.26. The van der Waals surface area contributed by atoms with Gasteiger partial charge >= 0.3 is 0 Å². The molecule has 0 bridgehead atoms. The second-order valence-corrected chi connectivity index (χ2v) is 4.73. The van der Waals surface area contributed by atoms with Crippen LogP contribution in [0, 0.1) is 0 Å². The van der Waals surface area contributed by atoms with Crippen LogP contribution in [0.15, 0.2) is 24.3 Å². The number of thioether (sulfide) groups is 1. The van der Waals surface area contributed by atoms with E-state index >= 15 is 0 Å². The minimum Gasteiger partial charge on any atom is -0.385 e. The molecule has 1 heterocycles. The molecule has 0 saturated heterocycles. The maximum atomic E-state index is 3.44. The first-order chi connectivity index (χ1) is 6.42. The molecule has 1 aromatic carbocycles. The van der Waals surface area contributed by atoms with E-state index in [-0.39, 0.29) is 0 Å². The predicted octanol–water partition coefficient (Wildman–Crippen LogP) is 3.30. The summed E-state index contributed by atoms with van der Waals surface area (Å²) in [5, 5.41) is 4.15. The summed E-state index contributed by atoms with van der Waals surface area (Å²) in [6.07, 6.45) is 1.26. The first-order valence-electron chi connectivity index (χ1n) is 4.86. The van der Waals surface area contributed by atoms with Gasteiger partial charge < -0.3 is 5.32 Å². The zero-order chi connectivity index (χ0) is 9.10. The van der Waals surface area contributed by atoms with E-state index in [9.17, 15) is 0 Å². The lowest BCUT2D eigenvalue weighted by Gasteiger charge is -2.25. The summed E-state index contributed by atoms with van der Waals surface area (Å²) in [6, 6.07) is 8.66. The highest BCUT2D eigenvalue weighted by Crippen LogP contribution is 2.38. The van der Waals surface area contributed by atoms with Crippen molar-refractivity contribution in [1.29, 1.82) is 0 Å². The Morgan fingerprint density at radius 1 is 1.46 bits per heavy atom. The third-order valence-corrected chi connectivity index (χ3v) is 3.62. The first kappa shape index (κ1) is 8.95. The molecule has 0 aromatic heterocycles. The molecule has 0 unspecified atom stereocenters. The Bertz CT molecular complexity index is 285. The Hall–Kier alpha value is -0.630. The zero-order valence-corrected chi connectivity index (χ0v) is 8.73. The lowest BCUT2D eigenvalue weighted by Crippen LogP contribution is -2.14. The summed E-state index contributed by atoms with van der Waals surface area (Å²) in [7, 11) is 0. The highest BCUT2D eigenvalue weighted by Gasteiger charge is 2.18. The molecule has 13 heavy (non-hydrogen) atoms. The number of rotatable bonds is 2. The molecule has 0 amide bonds. The van der Waals surface area contributed by atoms with Gasteiger partial charge in [0.1, 0.15) is 0 Å². The Labute approximate surface area is 83.9 Å². The van der Waals surface area contributed by atoms with Gasteiger partial charge in [-0.25, -0.2) is 0 Å². The van der Waals surface area contributed by atoms with Crippen LogP contribution in [0.3, 0.4) is 0 Å². The standard InChI is InChI=1S/C11H15NS/c1-2-13-11-7-8-12-10-6-4-3-5-9(10)11/h3-6,11-12H,2,7-8H2,1H3/t11-/m1/s1. The van der Waals surface area contributed by atoms with Crippen LogP contribution in [0.2, 0.25) is 0 Å². The van der Waals surface area contributed by atoms with Gasteiger partial charge in [-0.3, -0.25) is 0 Å². The minimum atomic E-state index is 0.711. The van der Waals surface area contributed by atoms with Gasteiger partial charge in [0.2, 0.25) is 0 Å². The Morgan fingerprint density at radius 3 is 3.15 bits per heavy atom. The van der Waals surface area contributed by atoms with Crippen LogP contribution in [0.5, 0.6) is 0 Å². The van der Waals surface area contributed by atoms with Crippen molar-refractivity contribution < 1.29 is 0 Å². The topological polar surface area (TPSA) is 12.0 Å². The summed E-state index contributed by atoms with van der Waals surface area (Å²) >= 11 is 2.05. The van der Waals surface area contributed by atoms with Crippen molar-refractivity contribution in [2.24, 2.45) is 0 Å². The molecule has 0 saturated carbocycles. The highest BCUT2D eigenvalue weighted by molar-refractivity contribution is 7.99. The summed E-state index contributed by atoms with van der Waals surface area (Å²) in [4.78, 5) is 0. The normalized spacial score (nSPS) is 20.5. The fraction of sp³-hybridized carbons (Fsp3) is 0.455. The molecule has 1 aromatic rings. The van der Waals surface area contributed by atoms with Gasteiger partial charge in [-0.1, -0.05) is 25.1 Å². The van der Waals surface area contributed by atoms with Crippen LogP contribution in [0.25, 0.3) is 0 Å². The van der Waals surface area contributed by atoms with E-state index in [4.69, 9.17) is 0 Å². The van der Waals surface area contributed by atoms with E-state index < -0.39 is 0 Å². The monoisotopic (exact) mass is 193 g/mol. The summed E-state index contributed by atoms with van der Waals surface area (Å²) < 4.78 is 0. The molecule has 1 aliphatic rings. The van der Waals surface area contributed by atoms with Gasteiger partial charge in [-0.15, -0.1) is 0 Å². The third kappa shape index (κ3) is 1.83. The SMILES string of the molecule is CCS[C@@H]1CCNc2ccccc21. The Morgan fingerprint density at radius 2 is 2.31 bits per heavy atom. The van der Waals surface area contributed by atoms with Crippen LogP contribution in [0.4, 0.5) is 5.69 Å². The molecule has 2 rings (SSSR count). The molecular formula is C11H15NS. The summed E-state index contributed by atoms with van der Waals surface area (Å²) in [5.41, 5.74) is 2.82. The van der Waals surface area contributed by atoms with E-state index in [0.29, 0.717) is 5.25 Å². The third-order valence-electron chi connectivity index (χ3n) is 2.40. The molecular weight excluding hydrogens is 178 g/mol. The molecule has 1 aliphatic heterocycles. The van der Waals surface area contributed by atoms with Crippen LogP contribution < -0.4 is 5.32 Å². The number of nitrogens with one attached hydrogen (secondary N) is 1. The second-order valence-electron chi connectivity index (χ2n) is 3.25. The lowest BCUT2D eigenvalue weighted by molar-refractivity contribution is 0.811. The fourth-order valence-corrected chi connectivity index (χ4v) is 2.88. The van der Waals surface area contributed by atoms with Crippen molar-refractivity contribution in [3.05, 3.63) is 29.8 Å². The van der Waals surface area contributed by atoms with Gasteiger partial charge in [0.25, 0.3) is 0 Å². The van der Waals surface area contributed by atoms with E-state index in [1.165, 1.54) is 23.4 Å². The number of hydrogen-bond acceptors (Lipinski definition) is 2. The molecule has 1 N–H and O–H groups in total. The quantitative estimate of drug-likeness (QED) is 0.773. The molecule has 2 heteroatoms. The van der Waals surface area contributed by atoms with Crippen LogP contribution in [-0.4, -0.2) is 12.3 Å². The number of hydrogen-bond donors (Lipinski definition) is 1. The van der Waals surface area contributed by atoms with Crippen LogP contribution in [0.1, 0.15) is 24.2 Å². The molecule has 1 nitrogen and oxygen atoms in total. The predicted molar refractivity (Wildman–Crippen MR) is 60.4 cm³/mol. The van der Waals surface area contributed by atoms with Gasteiger partial charge in [0.15, 0.2) is 0 Å². The van der Waals surface area contributed by atoms with Gasteiger partial charge in [-0.05, 0) is 23.8 Å². The molecule has 0 aliphatic carbocycles. The van der Waals surface area contributed by atoms with E-state index in [1.54, 1.807) is 0 Å². The Kier molecular flexibility index (Phi) is 2.79. The maximum Gasteiger partial charge on any atom is 0.0384 e. The summed E-state index contributed by atoms with van der Waals surface area (Å²) in [5.74, 6) is 1.21. The molecule has 0 fully saturated rings. The van der Waals surface area contributed by atoms with Crippen molar-refractivity contribution >= 4 is 17.4 Å². The van der Waals surface area contributed by atoms with Gasteiger partial charge in [0, 0.05) is 17.5 Å². The largest absolute Gasteiger partial charge is 0.385 e. The summed E-state index contributed by atoms with van der Waals surface area (Å²) in [6.45, 7) is 3.35. The number of benzene rings is 1. The van der Waals surface area contributed by atoms with E-state index in [1.807, 2.05) is 0 Å². The average Bonchev–Trinajstić information content (AvgIpc) is 2.19. The average molecular weight is 193 g/mol. The fourth-order valence-electron chi connectivity index (χ4n) is 1.81. The minimum absolute atomic E-state index is 0.711. The highest BCUT2D eigenvalue weighted by atomic mass is 32.2. The van der Waals surface area contributed by atoms with Gasteiger partial charge in [-0.2, -0.15) is 11.8 Å². The molecule has 0 spiro atoms. The molecule has 1 atom stereocenters. The van der Waals surface area contributed by atoms with Crippen molar-refractivity contribution in [3.8, 4) is 0 Å². The maximum absolute atomic E-state index is 3.44. The number of anilines is 1. The van der Waals surface area contributed by atoms with Crippen LogP contribution in [-0.2, 0) is 0 Å². The van der Waals surface area contributed by atoms with Crippen molar-refractivity contribution in [2.75, 3.05) is 17.6 Å². The first-order valence-corrected chi connectivity index (χ1v) is 5.91. The zero-order valence-electron chi connectivity index (χ0n) is 7.92. The van der Waals surface area contributed by atoms with E-state index in [0.717, 1.165) is 6.54 Å². The van der Waals surface area contributed by atoms with E-state index in [2.05, 4.69) is 48.3 Å². The second kappa shape index (κ2) is 4.05. The number of para-hydroxylation sites is 1. The van der Waals surface area contributed by atoms with Crippen LogP contribution >= 0.6 is 11.8 Å².